The van der Waals surface area contributed by atoms with Crippen LogP contribution in [0.2, 0.25) is 0 Å². The Hall–Kier alpha value is -1.12. The standard InChI is InChI=1S/C22H32O3/c1-14(24)25-17-6-9-22(3)16(11-17)4-5-18-19(22)7-8-21(2)12-15(13-23)10-20(18)21/h12-13,16-20H,4-11H2,1-3H3/t16-,17+,18-,19+,20+,21-,22+/m1/s1. The first-order valence-electron chi connectivity index (χ1n) is 10.2. The van der Waals surface area contributed by atoms with Crippen LogP contribution in [-0.4, -0.2) is 18.4 Å². The second-order valence-electron chi connectivity index (χ2n) is 9.75. The SMILES string of the molecule is CC(=O)O[C@H]1CC[C@@]2(C)[C@H](CC[C@@H]3[C@@H]2CC[C@]2(C)C=C(C=O)C[C@@H]32)C1. The number of ether oxygens (including phenoxy) is 1. The second-order valence-corrected chi connectivity index (χ2v) is 9.75. The van der Waals surface area contributed by atoms with Gasteiger partial charge in [0.25, 0.3) is 0 Å². The number of carbonyl (C=O) groups excluding carboxylic acids is 2. The summed E-state index contributed by atoms with van der Waals surface area (Å²) in [5.41, 5.74) is 1.68. The molecule has 0 unspecified atom stereocenters. The minimum atomic E-state index is -0.130. The van der Waals surface area contributed by atoms with Crippen LogP contribution in [0.5, 0.6) is 0 Å². The number of rotatable bonds is 2. The highest BCUT2D eigenvalue weighted by Crippen LogP contribution is 2.65. The van der Waals surface area contributed by atoms with E-state index in [1.165, 1.54) is 39.0 Å². The van der Waals surface area contributed by atoms with Gasteiger partial charge in [-0.25, -0.2) is 0 Å². The lowest BCUT2D eigenvalue weighted by molar-refractivity contribution is -0.158. The van der Waals surface area contributed by atoms with Crippen LogP contribution >= 0.6 is 0 Å². The number of hydrogen-bond donors (Lipinski definition) is 0. The van der Waals surface area contributed by atoms with Crippen LogP contribution in [0.1, 0.15) is 72.1 Å². The third kappa shape index (κ3) is 2.69. The Balaban J connectivity index is 1.54. The molecule has 4 rings (SSSR count). The van der Waals surface area contributed by atoms with E-state index in [9.17, 15) is 9.59 Å². The number of aldehydes is 1. The zero-order valence-electron chi connectivity index (χ0n) is 15.9. The molecule has 0 radical (unpaired) electrons. The molecule has 0 aromatic rings. The second kappa shape index (κ2) is 5.96. The molecule has 25 heavy (non-hydrogen) atoms. The fourth-order valence-electron chi connectivity index (χ4n) is 7.29. The van der Waals surface area contributed by atoms with E-state index in [0.717, 1.165) is 43.0 Å². The zero-order chi connectivity index (χ0) is 17.8. The quantitative estimate of drug-likeness (QED) is 0.539. The van der Waals surface area contributed by atoms with E-state index >= 15 is 0 Å². The molecule has 0 amide bonds. The van der Waals surface area contributed by atoms with Crippen LogP contribution in [0, 0.1) is 34.5 Å². The zero-order valence-corrected chi connectivity index (χ0v) is 15.9. The maximum absolute atomic E-state index is 11.4. The lowest BCUT2D eigenvalue weighted by Gasteiger charge is -2.60. The molecular weight excluding hydrogens is 312 g/mol. The summed E-state index contributed by atoms with van der Waals surface area (Å²) >= 11 is 0. The number of allylic oxidation sites excluding steroid dienone is 2. The van der Waals surface area contributed by atoms with Gasteiger partial charge >= 0.3 is 5.97 Å². The monoisotopic (exact) mass is 344 g/mol. The molecule has 3 heteroatoms. The topological polar surface area (TPSA) is 43.4 Å². The summed E-state index contributed by atoms with van der Waals surface area (Å²) in [5.74, 6) is 2.77. The van der Waals surface area contributed by atoms with Crippen molar-refractivity contribution in [1.82, 2.24) is 0 Å². The summed E-state index contributed by atoms with van der Waals surface area (Å²) in [6.45, 7) is 6.44. The minimum Gasteiger partial charge on any atom is -0.463 e. The van der Waals surface area contributed by atoms with Crippen LogP contribution in [0.4, 0.5) is 0 Å². The Morgan fingerprint density at radius 1 is 1.16 bits per heavy atom. The van der Waals surface area contributed by atoms with Crippen molar-refractivity contribution < 1.29 is 14.3 Å². The lowest BCUT2D eigenvalue weighted by Crippen LogP contribution is -2.53. The van der Waals surface area contributed by atoms with Crippen molar-refractivity contribution in [1.29, 1.82) is 0 Å². The van der Waals surface area contributed by atoms with Gasteiger partial charge in [0.2, 0.25) is 0 Å². The fourth-order valence-corrected chi connectivity index (χ4v) is 7.29. The van der Waals surface area contributed by atoms with Crippen molar-refractivity contribution in [2.24, 2.45) is 34.5 Å². The van der Waals surface area contributed by atoms with Gasteiger partial charge in [-0.3, -0.25) is 9.59 Å². The predicted molar refractivity (Wildman–Crippen MR) is 96.8 cm³/mol. The number of fused-ring (bicyclic) bond motifs is 5. The highest BCUT2D eigenvalue weighted by molar-refractivity contribution is 5.74. The van der Waals surface area contributed by atoms with Gasteiger partial charge in [-0.15, -0.1) is 0 Å². The highest BCUT2D eigenvalue weighted by atomic mass is 16.5. The maximum Gasteiger partial charge on any atom is 0.302 e. The molecular formula is C22H32O3. The van der Waals surface area contributed by atoms with Crippen molar-refractivity contribution in [3.8, 4) is 0 Å². The molecule has 3 fully saturated rings. The molecule has 0 aromatic carbocycles. The molecule has 3 nitrogen and oxygen atoms in total. The third-order valence-electron chi connectivity index (χ3n) is 8.51. The number of carbonyl (C=O) groups is 2. The molecule has 0 aromatic heterocycles. The third-order valence-corrected chi connectivity index (χ3v) is 8.51. The van der Waals surface area contributed by atoms with Gasteiger partial charge in [-0.2, -0.15) is 0 Å². The highest BCUT2D eigenvalue weighted by Gasteiger charge is 2.57. The Labute approximate surface area is 151 Å². The normalized spacial score (nSPS) is 48.6. The first kappa shape index (κ1) is 17.3. The van der Waals surface area contributed by atoms with Gasteiger partial charge in [-0.1, -0.05) is 19.9 Å². The molecule has 4 aliphatic carbocycles. The van der Waals surface area contributed by atoms with E-state index in [1.54, 1.807) is 0 Å². The Morgan fingerprint density at radius 2 is 1.96 bits per heavy atom. The van der Waals surface area contributed by atoms with Crippen LogP contribution in [0.25, 0.3) is 0 Å². The van der Waals surface area contributed by atoms with Gasteiger partial charge in [0, 0.05) is 6.92 Å². The van der Waals surface area contributed by atoms with Crippen LogP contribution in [-0.2, 0) is 14.3 Å². The first-order valence-corrected chi connectivity index (χ1v) is 10.2. The van der Waals surface area contributed by atoms with Crippen LogP contribution < -0.4 is 0 Å². The van der Waals surface area contributed by atoms with Crippen molar-refractivity contribution in [2.75, 3.05) is 0 Å². The Kier molecular flexibility index (Phi) is 4.12. The number of esters is 1. The van der Waals surface area contributed by atoms with E-state index in [2.05, 4.69) is 19.9 Å². The van der Waals surface area contributed by atoms with Gasteiger partial charge in [0.1, 0.15) is 12.4 Å². The van der Waals surface area contributed by atoms with Crippen molar-refractivity contribution in [3.63, 3.8) is 0 Å². The average molecular weight is 344 g/mol. The molecule has 7 atom stereocenters. The molecule has 0 bridgehead atoms. The molecule has 4 aliphatic rings. The smallest absolute Gasteiger partial charge is 0.302 e. The van der Waals surface area contributed by atoms with Crippen molar-refractivity contribution in [3.05, 3.63) is 11.6 Å². The first-order chi connectivity index (χ1) is 11.9. The number of hydrogen-bond acceptors (Lipinski definition) is 3. The molecule has 0 spiro atoms. The lowest BCUT2D eigenvalue weighted by atomic mass is 9.45. The van der Waals surface area contributed by atoms with Crippen molar-refractivity contribution in [2.45, 2.75) is 78.2 Å². The van der Waals surface area contributed by atoms with E-state index < -0.39 is 0 Å². The fraction of sp³-hybridized carbons (Fsp3) is 0.818. The molecule has 0 N–H and O–H groups in total. The van der Waals surface area contributed by atoms with E-state index in [4.69, 9.17) is 4.74 Å². The molecule has 0 saturated heterocycles. The predicted octanol–water partition coefficient (Wildman–Crippen LogP) is 4.70. The molecule has 138 valence electrons. The van der Waals surface area contributed by atoms with Crippen LogP contribution in [0.3, 0.4) is 0 Å². The summed E-state index contributed by atoms with van der Waals surface area (Å²) in [6, 6.07) is 0. The molecule has 3 saturated carbocycles. The average Bonchev–Trinajstić information content (AvgIpc) is 2.91. The van der Waals surface area contributed by atoms with Gasteiger partial charge < -0.3 is 4.74 Å². The van der Waals surface area contributed by atoms with E-state index in [1.807, 2.05) is 0 Å². The van der Waals surface area contributed by atoms with Gasteiger partial charge in [0.15, 0.2) is 0 Å². The Bertz CT molecular complexity index is 608. The van der Waals surface area contributed by atoms with Crippen LogP contribution in [0.15, 0.2) is 11.6 Å². The summed E-state index contributed by atoms with van der Waals surface area (Å²) in [6.07, 6.45) is 12.9. The van der Waals surface area contributed by atoms with E-state index in [-0.39, 0.29) is 17.5 Å². The largest absolute Gasteiger partial charge is 0.463 e. The summed E-state index contributed by atoms with van der Waals surface area (Å²) in [7, 11) is 0. The maximum atomic E-state index is 11.4. The van der Waals surface area contributed by atoms with Crippen molar-refractivity contribution >= 4 is 12.3 Å². The Morgan fingerprint density at radius 3 is 2.68 bits per heavy atom. The van der Waals surface area contributed by atoms with Gasteiger partial charge in [-0.05, 0) is 91.4 Å². The summed E-state index contributed by atoms with van der Waals surface area (Å²) in [5, 5.41) is 0. The molecule has 0 heterocycles. The van der Waals surface area contributed by atoms with Gasteiger partial charge in [0.05, 0.1) is 0 Å². The minimum absolute atomic E-state index is 0.130. The summed E-state index contributed by atoms with van der Waals surface area (Å²) < 4.78 is 5.55. The van der Waals surface area contributed by atoms with E-state index in [0.29, 0.717) is 17.3 Å². The summed E-state index contributed by atoms with van der Waals surface area (Å²) in [4.78, 5) is 22.7. The molecule has 0 aliphatic heterocycles.